The van der Waals surface area contributed by atoms with Crippen molar-refractivity contribution >= 4 is 6.09 Å². The Morgan fingerprint density at radius 3 is 2.17 bits per heavy atom. The Morgan fingerprint density at radius 2 is 1.74 bits per heavy atom. The number of carbonyl (C=O) groups excluding carboxylic acids is 1. The lowest BCUT2D eigenvalue weighted by Crippen LogP contribution is -2.54. The zero-order chi connectivity index (χ0) is 17.3. The van der Waals surface area contributed by atoms with Gasteiger partial charge >= 0.3 is 6.09 Å². The molecule has 1 heterocycles. The SMILES string of the molecule is CC(C)(C)OC(=O)N1CCN(CCC2(CN)CC(F)(F)C2)CC1. The first-order valence-corrected chi connectivity index (χ1v) is 8.32. The fourth-order valence-electron chi connectivity index (χ4n) is 3.34. The van der Waals surface area contributed by atoms with E-state index in [1.165, 1.54) is 0 Å². The minimum Gasteiger partial charge on any atom is -0.444 e. The quantitative estimate of drug-likeness (QED) is 0.858. The first-order valence-electron chi connectivity index (χ1n) is 8.32. The monoisotopic (exact) mass is 333 g/mol. The van der Waals surface area contributed by atoms with Gasteiger partial charge in [-0.2, -0.15) is 0 Å². The summed E-state index contributed by atoms with van der Waals surface area (Å²) < 4.78 is 31.6. The Morgan fingerprint density at radius 1 is 1.17 bits per heavy atom. The van der Waals surface area contributed by atoms with Crippen LogP contribution < -0.4 is 5.73 Å². The predicted molar refractivity (Wildman–Crippen MR) is 84.5 cm³/mol. The smallest absolute Gasteiger partial charge is 0.410 e. The highest BCUT2D eigenvalue weighted by atomic mass is 19.3. The van der Waals surface area contributed by atoms with Gasteiger partial charge in [0.15, 0.2) is 0 Å². The van der Waals surface area contributed by atoms with Gasteiger partial charge in [0.05, 0.1) is 0 Å². The normalized spacial score (nSPS) is 24.2. The number of nitrogens with zero attached hydrogens (tertiary/aromatic N) is 2. The van der Waals surface area contributed by atoms with E-state index in [0.29, 0.717) is 26.1 Å². The molecule has 23 heavy (non-hydrogen) atoms. The summed E-state index contributed by atoms with van der Waals surface area (Å²) in [6, 6.07) is 0. The zero-order valence-corrected chi connectivity index (χ0v) is 14.4. The molecule has 7 heteroatoms. The van der Waals surface area contributed by atoms with Crippen molar-refractivity contribution in [2.45, 2.75) is 51.6 Å². The van der Waals surface area contributed by atoms with Crippen LogP contribution in [0, 0.1) is 5.41 Å². The van der Waals surface area contributed by atoms with Gasteiger partial charge in [0.2, 0.25) is 5.92 Å². The average molecular weight is 333 g/mol. The van der Waals surface area contributed by atoms with E-state index in [2.05, 4.69) is 4.90 Å². The Kier molecular flexibility index (Phi) is 5.21. The van der Waals surface area contributed by atoms with Gasteiger partial charge in [-0.1, -0.05) is 0 Å². The van der Waals surface area contributed by atoms with E-state index in [1.807, 2.05) is 20.8 Å². The minimum absolute atomic E-state index is 0.0889. The van der Waals surface area contributed by atoms with Crippen molar-refractivity contribution in [1.29, 1.82) is 0 Å². The predicted octanol–water partition coefficient (Wildman–Crippen LogP) is 2.30. The van der Waals surface area contributed by atoms with E-state index in [4.69, 9.17) is 10.5 Å². The van der Waals surface area contributed by atoms with E-state index in [1.54, 1.807) is 4.90 Å². The van der Waals surface area contributed by atoms with Crippen molar-refractivity contribution < 1.29 is 18.3 Å². The zero-order valence-electron chi connectivity index (χ0n) is 14.4. The van der Waals surface area contributed by atoms with E-state index < -0.39 is 16.9 Å². The molecule has 2 rings (SSSR count). The number of rotatable bonds is 4. The van der Waals surface area contributed by atoms with Gasteiger partial charge in [-0.3, -0.25) is 4.90 Å². The summed E-state index contributed by atoms with van der Waals surface area (Å²) in [5.74, 6) is -2.53. The van der Waals surface area contributed by atoms with E-state index in [0.717, 1.165) is 19.6 Å². The van der Waals surface area contributed by atoms with Crippen LogP contribution in [0.15, 0.2) is 0 Å². The van der Waals surface area contributed by atoms with Crippen molar-refractivity contribution in [3.05, 3.63) is 0 Å². The molecule has 1 amide bonds. The maximum atomic E-state index is 13.1. The molecule has 1 saturated carbocycles. The van der Waals surface area contributed by atoms with Crippen LogP contribution in [0.2, 0.25) is 0 Å². The van der Waals surface area contributed by atoms with Crippen molar-refractivity contribution in [2.75, 3.05) is 39.3 Å². The van der Waals surface area contributed by atoms with Crippen molar-refractivity contribution in [3.8, 4) is 0 Å². The van der Waals surface area contributed by atoms with Gasteiger partial charge in [0.1, 0.15) is 5.60 Å². The standard InChI is InChI=1S/C16H29F2N3O2/c1-14(2,3)23-13(22)21-8-6-20(7-9-21)5-4-15(12-19)10-16(17,18)11-15/h4-12,19H2,1-3H3. The number of alkyl halides is 2. The molecule has 2 fully saturated rings. The number of hydrogen-bond donors (Lipinski definition) is 1. The van der Waals surface area contributed by atoms with E-state index in [-0.39, 0.29) is 18.9 Å². The maximum Gasteiger partial charge on any atom is 0.410 e. The fraction of sp³-hybridized carbons (Fsp3) is 0.938. The highest BCUT2D eigenvalue weighted by Gasteiger charge is 2.55. The number of nitrogens with two attached hydrogens (primary N) is 1. The number of amides is 1. The van der Waals surface area contributed by atoms with Crippen molar-refractivity contribution in [3.63, 3.8) is 0 Å². The van der Waals surface area contributed by atoms with Crippen LogP contribution in [0.4, 0.5) is 13.6 Å². The Bertz CT molecular complexity index is 422. The van der Waals surface area contributed by atoms with Crippen LogP contribution in [0.25, 0.3) is 0 Å². The van der Waals surface area contributed by atoms with Crippen LogP contribution in [0.3, 0.4) is 0 Å². The minimum atomic E-state index is -2.53. The molecule has 0 spiro atoms. The second-order valence-electron chi connectivity index (χ2n) is 7.97. The molecular weight excluding hydrogens is 304 g/mol. The van der Waals surface area contributed by atoms with Crippen LogP contribution >= 0.6 is 0 Å². The lowest BCUT2D eigenvalue weighted by molar-refractivity contribution is -0.161. The molecule has 5 nitrogen and oxygen atoms in total. The third-order valence-electron chi connectivity index (χ3n) is 4.68. The molecule has 0 atom stereocenters. The lowest BCUT2D eigenvalue weighted by Gasteiger charge is -2.48. The average Bonchev–Trinajstić information content (AvgIpc) is 2.41. The molecule has 134 valence electrons. The van der Waals surface area contributed by atoms with Crippen molar-refractivity contribution in [1.82, 2.24) is 9.80 Å². The summed E-state index contributed by atoms with van der Waals surface area (Å²) in [7, 11) is 0. The van der Waals surface area contributed by atoms with Gasteiger partial charge in [0.25, 0.3) is 0 Å². The summed E-state index contributed by atoms with van der Waals surface area (Å²) in [6.07, 6.45) is 0.239. The van der Waals surface area contributed by atoms with Crippen LogP contribution in [-0.2, 0) is 4.74 Å². The molecule has 0 unspecified atom stereocenters. The van der Waals surface area contributed by atoms with Crippen molar-refractivity contribution in [2.24, 2.45) is 11.1 Å². The summed E-state index contributed by atoms with van der Waals surface area (Å²) in [4.78, 5) is 15.9. The van der Waals surface area contributed by atoms with Gasteiger partial charge in [-0.15, -0.1) is 0 Å². The summed E-state index contributed by atoms with van der Waals surface area (Å²) >= 11 is 0. The third-order valence-corrected chi connectivity index (χ3v) is 4.68. The lowest BCUT2D eigenvalue weighted by atomic mass is 9.64. The Hall–Kier alpha value is -0.950. The van der Waals surface area contributed by atoms with Gasteiger partial charge in [0, 0.05) is 39.0 Å². The number of hydrogen-bond acceptors (Lipinski definition) is 4. The van der Waals surface area contributed by atoms with E-state index in [9.17, 15) is 13.6 Å². The Labute approximate surface area is 137 Å². The third kappa shape index (κ3) is 5.01. The Balaban J connectivity index is 1.72. The number of ether oxygens (including phenoxy) is 1. The topological polar surface area (TPSA) is 58.8 Å². The molecule has 0 aromatic heterocycles. The van der Waals surface area contributed by atoms with Gasteiger partial charge in [-0.25, -0.2) is 13.6 Å². The molecule has 1 saturated heterocycles. The van der Waals surface area contributed by atoms with Crippen LogP contribution in [-0.4, -0.2) is 66.7 Å². The number of halogens is 2. The van der Waals surface area contributed by atoms with Gasteiger partial charge < -0.3 is 15.4 Å². The molecule has 0 aromatic rings. The molecule has 0 aromatic carbocycles. The largest absolute Gasteiger partial charge is 0.444 e. The van der Waals surface area contributed by atoms with Crippen LogP contribution in [0.1, 0.15) is 40.0 Å². The van der Waals surface area contributed by atoms with Crippen LogP contribution in [0.5, 0.6) is 0 Å². The highest BCUT2D eigenvalue weighted by molar-refractivity contribution is 5.68. The number of carbonyl (C=O) groups is 1. The summed E-state index contributed by atoms with van der Waals surface area (Å²) in [5.41, 5.74) is 4.82. The molecule has 0 radical (unpaired) electrons. The molecule has 2 N–H and O–H groups in total. The first kappa shape index (κ1) is 18.4. The van der Waals surface area contributed by atoms with Gasteiger partial charge in [-0.05, 0) is 45.7 Å². The number of piperazine rings is 1. The second kappa shape index (κ2) is 6.51. The molecule has 0 bridgehead atoms. The first-order chi connectivity index (χ1) is 10.5. The fourth-order valence-corrected chi connectivity index (χ4v) is 3.34. The molecule has 2 aliphatic rings. The maximum absolute atomic E-state index is 13.1. The van der Waals surface area contributed by atoms with E-state index >= 15 is 0 Å². The summed E-state index contributed by atoms with van der Waals surface area (Å²) in [5, 5.41) is 0. The molecular formula is C16H29F2N3O2. The summed E-state index contributed by atoms with van der Waals surface area (Å²) in [6.45, 7) is 9.34. The highest BCUT2D eigenvalue weighted by Crippen LogP contribution is 2.53. The molecule has 1 aliphatic carbocycles. The molecule has 1 aliphatic heterocycles. The second-order valence-corrected chi connectivity index (χ2v) is 7.97.